The predicted octanol–water partition coefficient (Wildman–Crippen LogP) is 3.76. The molecule has 0 amide bonds. The first kappa shape index (κ1) is 17.3. The Morgan fingerprint density at radius 2 is 1.78 bits per heavy atom. The van der Waals surface area contributed by atoms with Crippen LogP contribution < -0.4 is 4.72 Å². The third-order valence-electron chi connectivity index (χ3n) is 3.67. The Hall–Kier alpha value is -2.05. The second kappa shape index (κ2) is 6.22. The van der Waals surface area contributed by atoms with E-state index in [0.29, 0.717) is 27.4 Å². The van der Waals surface area contributed by atoms with Gasteiger partial charge in [-0.3, -0.25) is 4.72 Å². The minimum atomic E-state index is -3.93. The van der Waals surface area contributed by atoms with E-state index < -0.39 is 16.0 Å². The number of rotatable bonds is 4. The van der Waals surface area contributed by atoms with Gasteiger partial charge in [0.25, 0.3) is 10.0 Å². The number of aromatic carboxylic acids is 1. The molecule has 0 saturated carbocycles. The van der Waals surface area contributed by atoms with Crippen molar-refractivity contribution in [1.29, 1.82) is 0 Å². The molecular weight excluding hydrogens is 338 g/mol. The number of carboxylic acids is 1. The van der Waals surface area contributed by atoms with Crippen molar-refractivity contribution in [3.8, 4) is 0 Å². The Morgan fingerprint density at radius 3 is 2.39 bits per heavy atom. The second-order valence-electron chi connectivity index (χ2n) is 5.24. The molecule has 0 radical (unpaired) electrons. The summed E-state index contributed by atoms with van der Waals surface area (Å²) in [7, 11) is -3.93. The van der Waals surface area contributed by atoms with E-state index in [-0.39, 0.29) is 10.5 Å². The highest BCUT2D eigenvalue weighted by atomic mass is 35.5. The van der Waals surface area contributed by atoms with E-state index in [2.05, 4.69) is 4.72 Å². The Kier molecular flexibility index (Phi) is 4.68. The maximum absolute atomic E-state index is 12.7. The molecule has 0 aliphatic rings. The van der Waals surface area contributed by atoms with Gasteiger partial charge in [-0.2, -0.15) is 0 Å². The van der Waals surface area contributed by atoms with Crippen molar-refractivity contribution < 1.29 is 18.3 Å². The summed E-state index contributed by atoms with van der Waals surface area (Å²) in [6.07, 6.45) is 0. The van der Waals surface area contributed by atoms with Gasteiger partial charge in [-0.05, 0) is 61.7 Å². The first-order valence-electron chi connectivity index (χ1n) is 6.76. The number of hydrogen-bond acceptors (Lipinski definition) is 3. The average Bonchev–Trinajstić information content (AvgIpc) is 2.46. The van der Waals surface area contributed by atoms with Crippen molar-refractivity contribution in [3.63, 3.8) is 0 Å². The van der Waals surface area contributed by atoms with Crippen LogP contribution in [0.4, 0.5) is 5.69 Å². The topological polar surface area (TPSA) is 83.5 Å². The summed E-state index contributed by atoms with van der Waals surface area (Å²) in [6.45, 7) is 5.01. The first-order chi connectivity index (χ1) is 10.6. The lowest BCUT2D eigenvalue weighted by Crippen LogP contribution is -2.16. The van der Waals surface area contributed by atoms with Crippen molar-refractivity contribution in [3.05, 3.63) is 57.6 Å². The van der Waals surface area contributed by atoms with Crippen LogP contribution in [0.1, 0.15) is 27.0 Å². The lowest BCUT2D eigenvalue weighted by Gasteiger charge is -2.15. The number of aryl methyl sites for hydroxylation is 1. The minimum Gasteiger partial charge on any atom is -0.478 e. The number of halogens is 1. The number of hydrogen-bond donors (Lipinski definition) is 2. The molecule has 0 unspecified atom stereocenters. The van der Waals surface area contributed by atoms with Gasteiger partial charge < -0.3 is 5.11 Å². The van der Waals surface area contributed by atoms with Crippen LogP contribution in [0.25, 0.3) is 0 Å². The Labute approximate surface area is 140 Å². The predicted molar refractivity (Wildman–Crippen MR) is 89.9 cm³/mol. The summed E-state index contributed by atoms with van der Waals surface area (Å²) in [4.78, 5) is 11.1. The molecule has 2 N–H and O–H groups in total. The van der Waals surface area contributed by atoms with Crippen LogP contribution in [0, 0.1) is 20.8 Å². The van der Waals surface area contributed by atoms with E-state index in [1.807, 2.05) is 0 Å². The van der Waals surface area contributed by atoms with Gasteiger partial charge in [0, 0.05) is 5.02 Å². The molecule has 2 rings (SSSR count). The van der Waals surface area contributed by atoms with E-state index >= 15 is 0 Å². The minimum absolute atomic E-state index is 0.0609. The van der Waals surface area contributed by atoms with Crippen molar-refractivity contribution in [1.82, 2.24) is 0 Å². The zero-order chi connectivity index (χ0) is 17.4. The molecule has 2 aromatic carbocycles. The standard InChI is InChI=1S/C16H16ClNO4S/c1-9-7-12(16(19)20)8-15(10(9)2)23(21,22)18-14-6-4-5-13(17)11(14)3/h4-8,18H,1-3H3,(H,19,20). The van der Waals surface area contributed by atoms with Crippen LogP contribution in [0.15, 0.2) is 35.2 Å². The molecule has 7 heteroatoms. The number of carboxylic acid groups (broad SMARTS) is 1. The summed E-state index contributed by atoms with van der Waals surface area (Å²) in [5.41, 5.74) is 1.98. The molecule has 0 fully saturated rings. The van der Waals surface area contributed by atoms with Crippen molar-refractivity contribution in [2.24, 2.45) is 0 Å². The normalized spacial score (nSPS) is 11.3. The maximum Gasteiger partial charge on any atom is 0.335 e. The van der Waals surface area contributed by atoms with E-state index in [4.69, 9.17) is 16.7 Å². The van der Waals surface area contributed by atoms with E-state index in [9.17, 15) is 13.2 Å². The third-order valence-corrected chi connectivity index (χ3v) is 5.57. The van der Waals surface area contributed by atoms with Gasteiger partial charge in [0.2, 0.25) is 0 Å². The highest BCUT2D eigenvalue weighted by Crippen LogP contribution is 2.27. The average molecular weight is 354 g/mol. The molecule has 0 saturated heterocycles. The van der Waals surface area contributed by atoms with Crippen LogP contribution in [0.3, 0.4) is 0 Å². The molecule has 0 aliphatic carbocycles. The quantitative estimate of drug-likeness (QED) is 0.876. The van der Waals surface area contributed by atoms with E-state index in [0.717, 1.165) is 6.07 Å². The maximum atomic E-state index is 12.7. The largest absolute Gasteiger partial charge is 0.478 e. The number of carbonyl (C=O) groups is 1. The second-order valence-corrected chi connectivity index (χ2v) is 7.30. The molecule has 5 nitrogen and oxygen atoms in total. The molecule has 0 spiro atoms. The van der Waals surface area contributed by atoms with Gasteiger partial charge in [0.05, 0.1) is 16.1 Å². The SMILES string of the molecule is Cc1cc(C(=O)O)cc(S(=O)(=O)Nc2cccc(Cl)c2C)c1C. The third kappa shape index (κ3) is 3.48. The van der Waals surface area contributed by atoms with Gasteiger partial charge in [-0.25, -0.2) is 13.2 Å². The van der Waals surface area contributed by atoms with E-state index in [1.165, 1.54) is 6.07 Å². The first-order valence-corrected chi connectivity index (χ1v) is 8.62. The smallest absolute Gasteiger partial charge is 0.335 e. The zero-order valence-electron chi connectivity index (χ0n) is 12.8. The summed E-state index contributed by atoms with van der Waals surface area (Å²) in [5, 5.41) is 9.57. The fourth-order valence-corrected chi connectivity index (χ4v) is 3.79. The summed E-state index contributed by atoms with van der Waals surface area (Å²) in [6, 6.07) is 7.50. The molecule has 0 aromatic heterocycles. The van der Waals surface area contributed by atoms with Crippen LogP contribution in [0.5, 0.6) is 0 Å². The number of nitrogens with one attached hydrogen (secondary N) is 1. The lowest BCUT2D eigenvalue weighted by atomic mass is 10.1. The number of sulfonamides is 1. The van der Waals surface area contributed by atoms with Gasteiger partial charge in [0.1, 0.15) is 0 Å². The lowest BCUT2D eigenvalue weighted by molar-refractivity contribution is 0.0696. The number of benzene rings is 2. The van der Waals surface area contributed by atoms with Gasteiger partial charge >= 0.3 is 5.97 Å². The zero-order valence-corrected chi connectivity index (χ0v) is 14.4. The molecule has 0 heterocycles. The molecule has 23 heavy (non-hydrogen) atoms. The fraction of sp³-hybridized carbons (Fsp3) is 0.188. The van der Waals surface area contributed by atoms with Gasteiger partial charge in [0.15, 0.2) is 0 Å². The fourth-order valence-electron chi connectivity index (χ4n) is 2.15. The van der Waals surface area contributed by atoms with Crippen molar-refractivity contribution in [2.75, 3.05) is 4.72 Å². The Bertz CT molecular complexity index is 891. The summed E-state index contributed by atoms with van der Waals surface area (Å²) in [5.74, 6) is -1.18. The highest BCUT2D eigenvalue weighted by molar-refractivity contribution is 7.92. The molecule has 0 bridgehead atoms. The monoisotopic (exact) mass is 353 g/mol. The Morgan fingerprint density at radius 1 is 1.13 bits per heavy atom. The molecule has 0 atom stereocenters. The Balaban J connectivity index is 2.56. The van der Waals surface area contributed by atoms with Gasteiger partial charge in [-0.1, -0.05) is 17.7 Å². The molecule has 122 valence electrons. The van der Waals surface area contributed by atoms with Crippen molar-refractivity contribution in [2.45, 2.75) is 25.7 Å². The molecule has 2 aromatic rings. The van der Waals surface area contributed by atoms with E-state index in [1.54, 1.807) is 39.0 Å². The highest BCUT2D eigenvalue weighted by Gasteiger charge is 2.21. The van der Waals surface area contributed by atoms with Crippen LogP contribution in [-0.2, 0) is 10.0 Å². The molecule has 0 aliphatic heterocycles. The number of anilines is 1. The molecular formula is C16H16ClNO4S. The van der Waals surface area contributed by atoms with Crippen LogP contribution >= 0.6 is 11.6 Å². The van der Waals surface area contributed by atoms with Gasteiger partial charge in [-0.15, -0.1) is 0 Å². The summed E-state index contributed by atoms with van der Waals surface area (Å²) < 4.78 is 27.8. The van der Waals surface area contributed by atoms with Crippen molar-refractivity contribution >= 4 is 33.3 Å². The van der Waals surface area contributed by atoms with Crippen LogP contribution in [-0.4, -0.2) is 19.5 Å². The summed E-state index contributed by atoms with van der Waals surface area (Å²) >= 11 is 6.00. The van der Waals surface area contributed by atoms with Crippen LogP contribution in [0.2, 0.25) is 5.02 Å².